The van der Waals surface area contributed by atoms with Crippen LogP contribution in [-0.2, 0) is 11.2 Å². The second-order valence-electron chi connectivity index (χ2n) is 8.50. The molecule has 1 aliphatic carbocycles. The third-order valence-corrected chi connectivity index (χ3v) is 5.94. The van der Waals surface area contributed by atoms with Crippen LogP contribution in [0, 0.1) is 11.2 Å². The quantitative estimate of drug-likeness (QED) is 0.465. The normalized spacial score (nSPS) is 17.2. The van der Waals surface area contributed by atoms with E-state index in [1.807, 2.05) is 24.3 Å². The number of carboxylic acid groups (broad SMARTS) is 1. The molecular formula is C26H23FN2O4. The number of anilines is 2. The van der Waals surface area contributed by atoms with Gasteiger partial charge in [0, 0.05) is 22.4 Å². The Labute approximate surface area is 190 Å². The smallest absolute Gasteiger partial charge is 0.323 e. The maximum absolute atomic E-state index is 13.3. The van der Waals surface area contributed by atoms with Crippen LogP contribution in [0.5, 0.6) is 0 Å². The van der Waals surface area contributed by atoms with Gasteiger partial charge in [0.1, 0.15) is 5.82 Å². The van der Waals surface area contributed by atoms with E-state index in [1.54, 1.807) is 31.2 Å². The average Bonchev–Trinajstić information content (AvgIpc) is 2.76. The number of urea groups is 1. The highest BCUT2D eigenvalue weighted by molar-refractivity contribution is 6.04. The fraction of sp³-hybridized carbons (Fsp3) is 0.192. The molecule has 0 bridgehead atoms. The molecule has 6 nitrogen and oxygen atoms in total. The molecule has 0 spiro atoms. The molecule has 0 saturated carbocycles. The number of nitrogens with one attached hydrogen (secondary N) is 2. The molecule has 168 valence electrons. The van der Waals surface area contributed by atoms with Crippen LogP contribution < -0.4 is 10.6 Å². The second kappa shape index (κ2) is 8.86. The van der Waals surface area contributed by atoms with Gasteiger partial charge in [0.05, 0.1) is 6.42 Å². The third-order valence-electron chi connectivity index (χ3n) is 5.94. The van der Waals surface area contributed by atoms with Crippen molar-refractivity contribution in [2.24, 2.45) is 5.41 Å². The molecule has 7 heteroatoms. The van der Waals surface area contributed by atoms with E-state index in [1.165, 1.54) is 18.2 Å². The lowest BCUT2D eigenvalue weighted by atomic mass is 9.69. The molecule has 0 heterocycles. The zero-order valence-electron chi connectivity index (χ0n) is 18.0. The Kier molecular flexibility index (Phi) is 5.96. The van der Waals surface area contributed by atoms with E-state index in [2.05, 4.69) is 10.6 Å². The Bertz CT molecular complexity index is 1240. The molecule has 2 amide bonds. The highest BCUT2D eigenvalue weighted by Gasteiger charge is 2.40. The number of hydrogen-bond acceptors (Lipinski definition) is 3. The van der Waals surface area contributed by atoms with Gasteiger partial charge in [-0.3, -0.25) is 9.59 Å². The summed E-state index contributed by atoms with van der Waals surface area (Å²) in [7, 11) is 0. The molecule has 33 heavy (non-hydrogen) atoms. The number of fused-ring (bicyclic) bond motifs is 1. The van der Waals surface area contributed by atoms with Gasteiger partial charge in [0.15, 0.2) is 5.78 Å². The third kappa shape index (κ3) is 4.92. The Morgan fingerprint density at radius 3 is 2.36 bits per heavy atom. The summed E-state index contributed by atoms with van der Waals surface area (Å²) in [4.78, 5) is 36.2. The van der Waals surface area contributed by atoms with Gasteiger partial charge in [0.25, 0.3) is 0 Å². The number of Topliss-reactive ketones (excluding diaryl/α,β-unsaturated/α-hetero) is 1. The van der Waals surface area contributed by atoms with E-state index >= 15 is 0 Å². The fourth-order valence-electron chi connectivity index (χ4n) is 4.16. The summed E-state index contributed by atoms with van der Waals surface area (Å²) in [6, 6.07) is 18.0. The number of hydrogen-bond donors (Lipinski definition) is 3. The number of carbonyl (C=O) groups excluding carboxylic acids is 2. The fourth-order valence-corrected chi connectivity index (χ4v) is 4.16. The predicted molar refractivity (Wildman–Crippen MR) is 124 cm³/mol. The average molecular weight is 446 g/mol. The van der Waals surface area contributed by atoms with Crippen LogP contribution in [0.15, 0.2) is 66.7 Å². The molecular weight excluding hydrogens is 423 g/mol. The molecule has 0 saturated heterocycles. The summed E-state index contributed by atoms with van der Waals surface area (Å²) < 4.78 is 13.3. The number of carboxylic acids is 1. The molecule has 0 fully saturated rings. The van der Waals surface area contributed by atoms with E-state index in [-0.39, 0.29) is 12.2 Å². The Balaban J connectivity index is 1.46. The van der Waals surface area contributed by atoms with Crippen LogP contribution in [0.25, 0.3) is 11.1 Å². The number of aliphatic carboxylic acids is 1. The van der Waals surface area contributed by atoms with E-state index < -0.39 is 23.2 Å². The number of benzene rings is 3. The first-order chi connectivity index (χ1) is 15.7. The molecule has 0 aromatic heterocycles. The lowest BCUT2D eigenvalue weighted by Crippen LogP contribution is -2.35. The summed E-state index contributed by atoms with van der Waals surface area (Å²) in [6.45, 7) is 1.72. The molecule has 3 N–H and O–H groups in total. The monoisotopic (exact) mass is 446 g/mol. The van der Waals surface area contributed by atoms with E-state index in [0.717, 1.165) is 16.7 Å². The van der Waals surface area contributed by atoms with Crippen molar-refractivity contribution in [1.82, 2.24) is 0 Å². The van der Waals surface area contributed by atoms with Gasteiger partial charge in [-0.15, -0.1) is 0 Å². The minimum Gasteiger partial charge on any atom is -0.481 e. The number of rotatable bonds is 5. The Morgan fingerprint density at radius 2 is 1.67 bits per heavy atom. The largest absolute Gasteiger partial charge is 0.481 e. The maximum atomic E-state index is 13.3. The molecule has 4 rings (SSSR count). The first-order valence-electron chi connectivity index (χ1n) is 10.6. The minimum atomic E-state index is -0.968. The predicted octanol–water partition coefficient (Wildman–Crippen LogP) is 5.75. The summed E-state index contributed by atoms with van der Waals surface area (Å²) in [5.41, 5.74) is 3.40. The van der Waals surface area contributed by atoms with Gasteiger partial charge in [-0.05, 0) is 59.9 Å². The molecule has 0 aliphatic heterocycles. The highest BCUT2D eigenvalue weighted by atomic mass is 19.1. The summed E-state index contributed by atoms with van der Waals surface area (Å²) in [5, 5.41) is 14.4. The summed E-state index contributed by atoms with van der Waals surface area (Å²) >= 11 is 0. The maximum Gasteiger partial charge on any atom is 0.323 e. The van der Waals surface area contributed by atoms with Gasteiger partial charge in [-0.1, -0.05) is 43.3 Å². The van der Waals surface area contributed by atoms with Crippen molar-refractivity contribution in [3.63, 3.8) is 0 Å². The van der Waals surface area contributed by atoms with Gasteiger partial charge >= 0.3 is 12.0 Å². The Morgan fingerprint density at radius 1 is 0.970 bits per heavy atom. The first kappa shape index (κ1) is 22.2. The van der Waals surface area contributed by atoms with Crippen LogP contribution in [0.4, 0.5) is 20.6 Å². The number of carbonyl (C=O) groups is 3. The van der Waals surface area contributed by atoms with Crippen molar-refractivity contribution in [2.75, 3.05) is 10.6 Å². The summed E-state index contributed by atoms with van der Waals surface area (Å²) in [6.07, 6.45) is 0.963. The van der Waals surface area contributed by atoms with Gasteiger partial charge in [0.2, 0.25) is 0 Å². The van der Waals surface area contributed by atoms with Crippen molar-refractivity contribution in [3.8, 4) is 11.1 Å². The van der Waals surface area contributed by atoms with Gasteiger partial charge in [-0.25, -0.2) is 9.18 Å². The number of amides is 2. The van der Waals surface area contributed by atoms with Crippen molar-refractivity contribution in [3.05, 3.63) is 83.7 Å². The molecule has 3 aromatic rings. The molecule has 0 radical (unpaired) electrons. The van der Waals surface area contributed by atoms with Crippen molar-refractivity contribution in [1.29, 1.82) is 0 Å². The van der Waals surface area contributed by atoms with Crippen LogP contribution >= 0.6 is 0 Å². The molecule has 3 aromatic carbocycles. The molecule has 1 atom stereocenters. The lowest BCUT2D eigenvalue weighted by molar-refractivity contribution is -0.139. The van der Waals surface area contributed by atoms with Crippen LogP contribution in [-0.4, -0.2) is 22.9 Å². The van der Waals surface area contributed by atoms with Crippen molar-refractivity contribution in [2.45, 2.75) is 26.2 Å². The van der Waals surface area contributed by atoms with Gasteiger partial charge in [-0.2, -0.15) is 0 Å². The minimum absolute atomic E-state index is 0.124. The van der Waals surface area contributed by atoms with Gasteiger partial charge < -0.3 is 15.7 Å². The molecule has 1 unspecified atom stereocenters. The SMILES string of the molecule is CC1(CC(=O)O)CCc2cc(-c3ccc(NC(=O)Nc4cccc(F)c4)cc3)ccc2C1=O. The number of aryl methyl sites for hydroxylation is 1. The number of ketones is 1. The van der Waals surface area contributed by atoms with Crippen LogP contribution in [0.3, 0.4) is 0 Å². The van der Waals surface area contributed by atoms with Crippen molar-refractivity contribution >= 4 is 29.2 Å². The highest BCUT2D eigenvalue weighted by Crippen LogP contribution is 2.39. The van der Waals surface area contributed by atoms with E-state index in [4.69, 9.17) is 5.11 Å². The number of halogens is 1. The summed E-state index contributed by atoms with van der Waals surface area (Å²) in [5.74, 6) is -1.53. The van der Waals surface area contributed by atoms with Crippen LogP contribution in [0.2, 0.25) is 0 Å². The van der Waals surface area contributed by atoms with Crippen LogP contribution in [0.1, 0.15) is 35.7 Å². The van der Waals surface area contributed by atoms with Crippen molar-refractivity contribution < 1.29 is 23.9 Å². The second-order valence-corrected chi connectivity index (χ2v) is 8.50. The Hall–Kier alpha value is -4.00. The zero-order valence-corrected chi connectivity index (χ0v) is 18.0. The van der Waals surface area contributed by atoms with E-state index in [0.29, 0.717) is 29.8 Å². The first-order valence-corrected chi connectivity index (χ1v) is 10.6. The lowest BCUT2D eigenvalue weighted by Gasteiger charge is -2.32. The topological polar surface area (TPSA) is 95.5 Å². The zero-order chi connectivity index (χ0) is 23.6. The standard InChI is InChI=1S/C26H23FN2O4/c1-26(15-23(30)31)12-11-18-13-17(7-10-22(18)24(26)32)16-5-8-20(9-6-16)28-25(33)29-21-4-2-3-19(27)14-21/h2-10,13-14H,11-12,15H2,1H3,(H,30,31)(H2,28,29,33). The molecule has 1 aliphatic rings. The van der Waals surface area contributed by atoms with E-state index in [9.17, 15) is 18.8 Å².